The Morgan fingerprint density at radius 3 is 2.69 bits per heavy atom. The maximum atomic E-state index is 12.9. The number of benzene rings is 1. The highest BCUT2D eigenvalue weighted by molar-refractivity contribution is 5.25. The number of nitrogens with one attached hydrogen (secondary N) is 1. The molecule has 1 aromatic rings. The Hall–Kier alpha value is -0.930. The number of aliphatic hydroxyl groups excluding tert-OH is 1. The van der Waals surface area contributed by atoms with Crippen LogP contribution in [0.2, 0.25) is 0 Å². The van der Waals surface area contributed by atoms with Gasteiger partial charge in [-0.15, -0.1) is 0 Å². The minimum absolute atomic E-state index is 0.301. The van der Waals surface area contributed by atoms with E-state index in [9.17, 15) is 9.50 Å². The highest BCUT2D eigenvalue weighted by atomic mass is 19.1. The zero-order valence-electron chi connectivity index (χ0n) is 7.84. The molecule has 1 unspecified atom stereocenters. The van der Waals surface area contributed by atoms with Gasteiger partial charge in [0.15, 0.2) is 0 Å². The van der Waals surface area contributed by atoms with E-state index in [1.54, 1.807) is 20.0 Å². The second kappa shape index (κ2) is 4.35. The molecular formula is C10H14FNO. The van der Waals surface area contributed by atoms with E-state index in [1.807, 2.05) is 0 Å². The molecule has 0 heterocycles. The van der Waals surface area contributed by atoms with Crippen molar-refractivity contribution < 1.29 is 9.50 Å². The summed E-state index contributed by atoms with van der Waals surface area (Å²) in [6, 6.07) is 4.58. The third-order valence-electron chi connectivity index (χ3n) is 1.85. The van der Waals surface area contributed by atoms with E-state index in [4.69, 9.17) is 0 Å². The maximum Gasteiger partial charge on any atom is 0.123 e. The molecule has 72 valence electrons. The van der Waals surface area contributed by atoms with E-state index < -0.39 is 6.10 Å². The van der Waals surface area contributed by atoms with Crippen LogP contribution >= 0.6 is 0 Å². The van der Waals surface area contributed by atoms with E-state index in [2.05, 4.69) is 5.32 Å². The van der Waals surface area contributed by atoms with E-state index in [0.29, 0.717) is 12.1 Å². The number of aliphatic hydroxyl groups is 1. The fraction of sp³-hybridized carbons (Fsp3) is 0.400. The first-order valence-electron chi connectivity index (χ1n) is 4.23. The lowest BCUT2D eigenvalue weighted by Crippen LogP contribution is -2.16. The largest absolute Gasteiger partial charge is 0.387 e. The number of rotatable bonds is 3. The standard InChI is InChI=1S/C10H14FNO/c1-7-3-8(5-9(11)4-7)10(13)6-12-2/h3-5,10,12-13H,6H2,1-2H3. The Bertz CT molecular complexity index is 268. The molecule has 0 radical (unpaired) electrons. The van der Waals surface area contributed by atoms with Gasteiger partial charge in [-0.25, -0.2) is 4.39 Å². The summed E-state index contributed by atoms with van der Waals surface area (Å²) in [5, 5.41) is 12.4. The van der Waals surface area contributed by atoms with Crippen LogP contribution < -0.4 is 5.32 Å². The van der Waals surface area contributed by atoms with Crippen LogP contribution in [0.4, 0.5) is 4.39 Å². The molecule has 0 spiro atoms. The summed E-state index contributed by atoms with van der Waals surface area (Å²) in [5.74, 6) is -0.301. The first kappa shape index (κ1) is 10.2. The Kier molecular flexibility index (Phi) is 3.39. The summed E-state index contributed by atoms with van der Waals surface area (Å²) in [6.45, 7) is 2.24. The summed E-state index contributed by atoms with van der Waals surface area (Å²) < 4.78 is 12.9. The van der Waals surface area contributed by atoms with Crippen molar-refractivity contribution in [3.05, 3.63) is 35.1 Å². The lowest BCUT2D eigenvalue weighted by atomic mass is 10.1. The van der Waals surface area contributed by atoms with Crippen molar-refractivity contribution in [2.45, 2.75) is 13.0 Å². The summed E-state index contributed by atoms with van der Waals surface area (Å²) in [6.07, 6.45) is -0.639. The average Bonchev–Trinajstić information content (AvgIpc) is 2.03. The van der Waals surface area contributed by atoms with Crippen molar-refractivity contribution in [1.29, 1.82) is 0 Å². The van der Waals surface area contributed by atoms with Crippen LogP contribution in [0.5, 0.6) is 0 Å². The smallest absolute Gasteiger partial charge is 0.123 e. The Morgan fingerprint density at radius 1 is 1.46 bits per heavy atom. The van der Waals surface area contributed by atoms with E-state index in [-0.39, 0.29) is 5.82 Å². The predicted octanol–water partition coefficient (Wildman–Crippen LogP) is 1.39. The maximum absolute atomic E-state index is 12.9. The van der Waals surface area contributed by atoms with Gasteiger partial charge in [0.2, 0.25) is 0 Å². The fourth-order valence-corrected chi connectivity index (χ4v) is 1.27. The Morgan fingerprint density at radius 2 is 2.15 bits per heavy atom. The molecule has 13 heavy (non-hydrogen) atoms. The topological polar surface area (TPSA) is 32.3 Å². The molecule has 0 aliphatic carbocycles. The van der Waals surface area contributed by atoms with Crippen molar-refractivity contribution in [2.75, 3.05) is 13.6 Å². The van der Waals surface area contributed by atoms with Crippen molar-refractivity contribution in [1.82, 2.24) is 5.32 Å². The lowest BCUT2D eigenvalue weighted by molar-refractivity contribution is 0.177. The van der Waals surface area contributed by atoms with E-state index >= 15 is 0 Å². The normalized spacial score (nSPS) is 12.9. The number of aryl methyl sites for hydroxylation is 1. The zero-order chi connectivity index (χ0) is 9.84. The monoisotopic (exact) mass is 183 g/mol. The molecule has 0 bridgehead atoms. The van der Waals surface area contributed by atoms with Gasteiger partial charge >= 0.3 is 0 Å². The van der Waals surface area contributed by atoms with Gasteiger partial charge in [0.1, 0.15) is 5.82 Å². The van der Waals surface area contributed by atoms with Crippen molar-refractivity contribution in [3.8, 4) is 0 Å². The van der Waals surface area contributed by atoms with Gasteiger partial charge in [0, 0.05) is 6.54 Å². The number of likely N-dealkylation sites (N-methyl/N-ethyl adjacent to an activating group) is 1. The molecule has 0 saturated heterocycles. The Balaban J connectivity index is 2.87. The quantitative estimate of drug-likeness (QED) is 0.742. The molecular weight excluding hydrogens is 169 g/mol. The minimum atomic E-state index is -0.639. The van der Waals surface area contributed by atoms with Crippen molar-refractivity contribution >= 4 is 0 Å². The molecule has 0 aromatic heterocycles. The van der Waals surface area contributed by atoms with E-state index in [1.165, 1.54) is 12.1 Å². The van der Waals surface area contributed by atoms with Crippen LogP contribution in [0.3, 0.4) is 0 Å². The van der Waals surface area contributed by atoms with Crippen LogP contribution in [0, 0.1) is 12.7 Å². The van der Waals surface area contributed by atoms with Crippen LogP contribution in [0.15, 0.2) is 18.2 Å². The molecule has 1 atom stereocenters. The summed E-state index contributed by atoms with van der Waals surface area (Å²) in [5.41, 5.74) is 1.44. The van der Waals surface area contributed by atoms with Crippen LogP contribution in [0.25, 0.3) is 0 Å². The molecule has 3 heteroatoms. The highest BCUT2D eigenvalue weighted by Crippen LogP contribution is 2.15. The number of hydrogen-bond donors (Lipinski definition) is 2. The summed E-state index contributed by atoms with van der Waals surface area (Å²) >= 11 is 0. The third kappa shape index (κ3) is 2.79. The first-order chi connectivity index (χ1) is 6.13. The van der Waals surface area contributed by atoms with Crippen molar-refractivity contribution in [3.63, 3.8) is 0 Å². The third-order valence-corrected chi connectivity index (χ3v) is 1.85. The summed E-state index contributed by atoms with van der Waals surface area (Å²) in [4.78, 5) is 0. The highest BCUT2D eigenvalue weighted by Gasteiger charge is 2.07. The van der Waals surface area contributed by atoms with Crippen LogP contribution in [0.1, 0.15) is 17.2 Å². The van der Waals surface area contributed by atoms with Crippen molar-refractivity contribution in [2.24, 2.45) is 0 Å². The molecule has 2 N–H and O–H groups in total. The molecule has 0 fully saturated rings. The SMILES string of the molecule is CNCC(O)c1cc(C)cc(F)c1. The van der Waals surface area contributed by atoms with E-state index in [0.717, 1.165) is 5.56 Å². The second-order valence-electron chi connectivity index (χ2n) is 3.14. The number of hydrogen-bond acceptors (Lipinski definition) is 2. The second-order valence-corrected chi connectivity index (χ2v) is 3.14. The minimum Gasteiger partial charge on any atom is -0.387 e. The van der Waals surface area contributed by atoms with Gasteiger partial charge < -0.3 is 10.4 Å². The van der Waals surface area contributed by atoms with Gasteiger partial charge in [0.25, 0.3) is 0 Å². The molecule has 0 saturated carbocycles. The molecule has 0 aliphatic rings. The van der Waals surface area contributed by atoms with Gasteiger partial charge in [0.05, 0.1) is 6.10 Å². The average molecular weight is 183 g/mol. The lowest BCUT2D eigenvalue weighted by Gasteiger charge is -2.10. The molecule has 2 nitrogen and oxygen atoms in total. The Labute approximate surface area is 77.4 Å². The predicted molar refractivity (Wildman–Crippen MR) is 50.0 cm³/mol. The fourth-order valence-electron chi connectivity index (χ4n) is 1.27. The zero-order valence-corrected chi connectivity index (χ0v) is 7.84. The van der Waals surface area contributed by atoms with Crippen LogP contribution in [-0.4, -0.2) is 18.7 Å². The van der Waals surface area contributed by atoms with Gasteiger partial charge in [-0.1, -0.05) is 6.07 Å². The van der Waals surface area contributed by atoms with Gasteiger partial charge in [-0.2, -0.15) is 0 Å². The van der Waals surface area contributed by atoms with Gasteiger partial charge in [-0.05, 0) is 37.2 Å². The first-order valence-corrected chi connectivity index (χ1v) is 4.23. The molecule has 0 amide bonds. The summed E-state index contributed by atoms with van der Waals surface area (Å²) in [7, 11) is 1.75. The van der Waals surface area contributed by atoms with Gasteiger partial charge in [-0.3, -0.25) is 0 Å². The molecule has 1 rings (SSSR count). The molecule has 1 aromatic carbocycles. The number of halogens is 1. The molecule has 0 aliphatic heterocycles. The van der Waals surface area contributed by atoms with Crippen LogP contribution in [-0.2, 0) is 0 Å².